The van der Waals surface area contributed by atoms with Crippen LogP contribution < -0.4 is 14.8 Å². The van der Waals surface area contributed by atoms with Gasteiger partial charge in [-0.05, 0) is 55.8 Å². The standard InChI is InChI=1S/C22H29N3O3S/c1-27-18-8-5-15(12-19(18)28-2)13-25-10-3-4-17(14-25)20(22-23-9-11-29-22)24-21(26)16-6-7-16/h5,8-9,11-12,16-17,20H,3-4,6-7,10,13-14H2,1-2H3,(H,24,26)/t17-,20-/m0/s1. The number of rotatable bonds is 8. The molecule has 0 bridgehead atoms. The lowest BCUT2D eigenvalue weighted by molar-refractivity contribution is -0.123. The minimum Gasteiger partial charge on any atom is -0.493 e. The van der Waals surface area contributed by atoms with Crippen molar-refractivity contribution in [3.05, 3.63) is 40.3 Å². The first-order valence-electron chi connectivity index (χ1n) is 10.3. The van der Waals surface area contributed by atoms with Crippen LogP contribution in [-0.2, 0) is 11.3 Å². The van der Waals surface area contributed by atoms with Crippen LogP contribution in [0.2, 0.25) is 0 Å². The average Bonchev–Trinajstić information content (AvgIpc) is 3.47. The highest BCUT2D eigenvalue weighted by molar-refractivity contribution is 7.09. The van der Waals surface area contributed by atoms with Gasteiger partial charge in [0.15, 0.2) is 11.5 Å². The van der Waals surface area contributed by atoms with Gasteiger partial charge in [-0.2, -0.15) is 0 Å². The zero-order chi connectivity index (χ0) is 20.2. The van der Waals surface area contributed by atoms with Gasteiger partial charge in [-0.3, -0.25) is 9.69 Å². The maximum absolute atomic E-state index is 12.5. The maximum atomic E-state index is 12.5. The largest absolute Gasteiger partial charge is 0.493 e. The van der Waals surface area contributed by atoms with E-state index in [9.17, 15) is 4.79 Å². The highest BCUT2D eigenvalue weighted by atomic mass is 32.1. The van der Waals surface area contributed by atoms with Crippen LogP contribution in [0.1, 0.15) is 42.3 Å². The van der Waals surface area contributed by atoms with E-state index in [1.807, 2.05) is 17.6 Å². The normalized spacial score (nSPS) is 20.8. The Morgan fingerprint density at radius 3 is 2.79 bits per heavy atom. The topological polar surface area (TPSA) is 63.7 Å². The molecule has 1 aromatic heterocycles. The monoisotopic (exact) mass is 415 g/mol. The summed E-state index contributed by atoms with van der Waals surface area (Å²) in [6.45, 7) is 2.87. The molecule has 156 valence electrons. The van der Waals surface area contributed by atoms with Gasteiger partial charge >= 0.3 is 0 Å². The molecule has 6 nitrogen and oxygen atoms in total. The van der Waals surface area contributed by atoms with Gasteiger partial charge in [0.2, 0.25) is 5.91 Å². The summed E-state index contributed by atoms with van der Waals surface area (Å²) in [5.41, 5.74) is 1.20. The SMILES string of the molecule is COc1ccc(CN2CCC[C@H]([C@H](NC(=O)C3CC3)c3nccs3)C2)cc1OC. The van der Waals surface area contributed by atoms with E-state index < -0.39 is 0 Å². The Labute approximate surface area is 176 Å². The summed E-state index contributed by atoms with van der Waals surface area (Å²) in [5.74, 6) is 2.29. The second-order valence-corrected chi connectivity index (χ2v) is 8.88. The first-order valence-corrected chi connectivity index (χ1v) is 11.2. The minimum atomic E-state index is 0.0105. The number of ether oxygens (including phenoxy) is 2. The molecule has 1 saturated heterocycles. The Balaban J connectivity index is 1.45. The van der Waals surface area contributed by atoms with Gasteiger partial charge in [0.1, 0.15) is 5.01 Å². The number of carbonyl (C=O) groups is 1. The number of thiazole rings is 1. The Hall–Kier alpha value is -2.12. The van der Waals surface area contributed by atoms with E-state index in [2.05, 4.69) is 27.3 Å². The molecule has 2 fully saturated rings. The van der Waals surface area contributed by atoms with Gasteiger partial charge in [-0.1, -0.05) is 6.07 Å². The number of amides is 1. The summed E-state index contributed by atoms with van der Waals surface area (Å²) >= 11 is 1.64. The maximum Gasteiger partial charge on any atom is 0.223 e. The minimum absolute atomic E-state index is 0.0105. The van der Waals surface area contributed by atoms with Crippen LogP contribution >= 0.6 is 11.3 Å². The lowest BCUT2D eigenvalue weighted by Crippen LogP contribution is -2.43. The Kier molecular flexibility index (Phi) is 6.35. The number of hydrogen-bond acceptors (Lipinski definition) is 6. The molecule has 0 spiro atoms. The molecule has 1 aliphatic carbocycles. The predicted molar refractivity (Wildman–Crippen MR) is 113 cm³/mol. The summed E-state index contributed by atoms with van der Waals surface area (Å²) < 4.78 is 10.8. The fraction of sp³-hybridized carbons (Fsp3) is 0.545. The number of piperidine rings is 1. The number of methoxy groups -OCH3 is 2. The number of nitrogens with zero attached hydrogens (tertiary/aromatic N) is 2. The second-order valence-electron chi connectivity index (χ2n) is 7.96. The molecule has 0 unspecified atom stereocenters. The highest BCUT2D eigenvalue weighted by Crippen LogP contribution is 2.35. The van der Waals surface area contributed by atoms with E-state index in [-0.39, 0.29) is 17.9 Å². The zero-order valence-electron chi connectivity index (χ0n) is 17.1. The quantitative estimate of drug-likeness (QED) is 0.713. The van der Waals surface area contributed by atoms with Crippen LogP contribution in [0.25, 0.3) is 0 Å². The van der Waals surface area contributed by atoms with E-state index in [4.69, 9.17) is 9.47 Å². The molecule has 1 amide bonds. The molecule has 7 heteroatoms. The van der Waals surface area contributed by atoms with E-state index in [1.54, 1.807) is 25.6 Å². The summed E-state index contributed by atoms with van der Waals surface area (Å²) in [4.78, 5) is 19.5. The predicted octanol–water partition coefficient (Wildman–Crippen LogP) is 3.64. The second kappa shape index (κ2) is 9.13. The summed E-state index contributed by atoms with van der Waals surface area (Å²) in [6, 6.07) is 6.12. The van der Waals surface area contributed by atoms with E-state index >= 15 is 0 Å². The molecule has 29 heavy (non-hydrogen) atoms. The lowest BCUT2D eigenvalue weighted by Gasteiger charge is -2.36. The van der Waals surface area contributed by atoms with Crippen LogP contribution in [0.5, 0.6) is 11.5 Å². The molecular formula is C22H29N3O3S. The van der Waals surface area contributed by atoms with E-state index in [0.717, 1.165) is 61.8 Å². The number of nitrogens with one attached hydrogen (secondary N) is 1. The third-order valence-electron chi connectivity index (χ3n) is 5.83. The van der Waals surface area contributed by atoms with Crippen molar-refractivity contribution >= 4 is 17.2 Å². The smallest absolute Gasteiger partial charge is 0.223 e. The van der Waals surface area contributed by atoms with Crippen molar-refractivity contribution in [3.8, 4) is 11.5 Å². The molecule has 1 aromatic carbocycles. The van der Waals surface area contributed by atoms with Crippen molar-refractivity contribution < 1.29 is 14.3 Å². The Morgan fingerprint density at radius 1 is 1.28 bits per heavy atom. The zero-order valence-corrected chi connectivity index (χ0v) is 17.9. The lowest BCUT2D eigenvalue weighted by atomic mass is 9.90. The van der Waals surface area contributed by atoms with Gasteiger partial charge in [-0.15, -0.1) is 11.3 Å². The fourth-order valence-electron chi connectivity index (χ4n) is 4.13. The third kappa shape index (κ3) is 4.90. The van der Waals surface area contributed by atoms with Gasteiger partial charge in [0.25, 0.3) is 0 Å². The molecule has 2 aliphatic rings. The van der Waals surface area contributed by atoms with Gasteiger partial charge in [-0.25, -0.2) is 4.98 Å². The molecule has 1 N–H and O–H groups in total. The molecule has 1 aliphatic heterocycles. The molecule has 0 radical (unpaired) electrons. The van der Waals surface area contributed by atoms with Crippen molar-refractivity contribution in [2.45, 2.75) is 38.3 Å². The van der Waals surface area contributed by atoms with E-state index in [1.165, 1.54) is 5.56 Å². The number of aromatic nitrogens is 1. The average molecular weight is 416 g/mol. The van der Waals surface area contributed by atoms with E-state index in [0.29, 0.717) is 5.92 Å². The summed E-state index contributed by atoms with van der Waals surface area (Å²) in [6.07, 6.45) is 6.11. The van der Waals surface area contributed by atoms with Gasteiger partial charge < -0.3 is 14.8 Å². The summed E-state index contributed by atoms with van der Waals surface area (Å²) in [5, 5.41) is 6.34. The summed E-state index contributed by atoms with van der Waals surface area (Å²) in [7, 11) is 3.32. The Bertz CT molecular complexity index is 823. The van der Waals surface area contributed by atoms with Crippen LogP contribution in [0.15, 0.2) is 29.8 Å². The molecule has 2 aromatic rings. The van der Waals surface area contributed by atoms with Crippen molar-refractivity contribution in [2.24, 2.45) is 11.8 Å². The Morgan fingerprint density at radius 2 is 2.10 bits per heavy atom. The van der Waals surface area contributed by atoms with Crippen molar-refractivity contribution in [1.82, 2.24) is 15.2 Å². The fourth-order valence-corrected chi connectivity index (χ4v) is 4.91. The highest BCUT2D eigenvalue weighted by Gasteiger charge is 2.36. The molecule has 2 atom stereocenters. The van der Waals surface area contributed by atoms with Crippen LogP contribution in [-0.4, -0.2) is 43.1 Å². The van der Waals surface area contributed by atoms with Crippen LogP contribution in [0.4, 0.5) is 0 Å². The molecular weight excluding hydrogens is 386 g/mol. The molecule has 1 saturated carbocycles. The molecule has 2 heterocycles. The van der Waals surface area contributed by atoms with Crippen molar-refractivity contribution in [1.29, 1.82) is 0 Å². The first kappa shape index (κ1) is 20.2. The van der Waals surface area contributed by atoms with Crippen LogP contribution in [0.3, 0.4) is 0 Å². The number of likely N-dealkylation sites (tertiary alicyclic amines) is 1. The van der Waals surface area contributed by atoms with Crippen molar-refractivity contribution in [3.63, 3.8) is 0 Å². The number of hydrogen-bond donors (Lipinski definition) is 1. The van der Waals surface area contributed by atoms with Crippen molar-refractivity contribution in [2.75, 3.05) is 27.3 Å². The van der Waals surface area contributed by atoms with Crippen LogP contribution in [0, 0.1) is 11.8 Å². The first-order chi connectivity index (χ1) is 14.2. The number of benzene rings is 1. The molecule has 4 rings (SSSR count). The van der Waals surface area contributed by atoms with Gasteiger partial charge in [0, 0.05) is 30.6 Å². The third-order valence-corrected chi connectivity index (χ3v) is 6.69. The van der Waals surface area contributed by atoms with Gasteiger partial charge in [0.05, 0.1) is 20.3 Å². The number of carbonyl (C=O) groups excluding carboxylic acids is 1.